The molecule has 0 spiro atoms. The maximum atomic E-state index is 13.6. The largest absolute Gasteiger partial charge is 0.277 e. The van der Waals surface area contributed by atoms with Crippen LogP contribution in [0, 0.1) is 5.82 Å². The summed E-state index contributed by atoms with van der Waals surface area (Å²) in [6.45, 7) is 0. The van der Waals surface area contributed by atoms with E-state index in [1.807, 2.05) is 0 Å². The number of nitrogens with one attached hydrogen (secondary N) is 1. The summed E-state index contributed by atoms with van der Waals surface area (Å²) in [7, 11) is -4.03. The molecule has 0 aliphatic rings. The van der Waals surface area contributed by atoms with E-state index in [1.54, 1.807) is 0 Å². The molecule has 0 saturated carbocycles. The van der Waals surface area contributed by atoms with Crippen LogP contribution in [0.2, 0.25) is 10.2 Å². The fraction of sp³-hybridized carbons (Fsp3) is 0. The third kappa shape index (κ3) is 2.97. The third-order valence-corrected chi connectivity index (χ3v) is 4.31. The van der Waals surface area contributed by atoms with Gasteiger partial charge in [-0.15, -0.1) is 0 Å². The van der Waals surface area contributed by atoms with Gasteiger partial charge in [0.05, 0.1) is 10.7 Å². The lowest BCUT2D eigenvalue weighted by atomic mass is 10.3. The summed E-state index contributed by atoms with van der Waals surface area (Å²) in [4.78, 5) is 3.41. The van der Waals surface area contributed by atoms with Crippen molar-refractivity contribution in [2.45, 2.75) is 4.90 Å². The van der Waals surface area contributed by atoms with E-state index in [2.05, 4.69) is 9.71 Å². The van der Waals surface area contributed by atoms with Crippen LogP contribution in [0.3, 0.4) is 0 Å². The van der Waals surface area contributed by atoms with Crippen molar-refractivity contribution in [1.29, 1.82) is 0 Å². The van der Waals surface area contributed by atoms with Gasteiger partial charge in [0.2, 0.25) is 0 Å². The summed E-state index contributed by atoms with van der Waals surface area (Å²) < 4.78 is 39.8. The molecule has 0 radical (unpaired) electrons. The summed E-state index contributed by atoms with van der Waals surface area (Å²) in [6, 6.07) is 6.66. The van der Waals surface area contributed by atoms with Gasteiger partial charge in [-0.2, -0.15) is 0 Å². The average Bonchev–Trinajstić information content (AvgIpc) is 2.35. The van der Waals surface area contributed by atoms with Gasteiger partial charge in [-0.1, -0.05) is 29.3 Å². The minimum Gasteiger partial charge on any atom is -0.277 e. The van der Waals surface area contributed by atoms with Crippen molar-refractivity contribution in [2.75, 3.05) is 4.72 Å². The zero-order valence-corrected chi connectivity index (χ0v) is 11.6. The molecule has 2 rings (SSSR count). The van der Waals surface area contributed by atoms with Gasteiger partial charge in [0.1, 0.15) is 10.0 Å². The molecule has 0 bridgehead atoms. The first kappa shape index (κ1) is 14.0. The molecule has 0 aliphatic carbocycles. The zero-order chi connectivity index (χ0) is 14.0. The van der Waals surface area contributed by atoms with Gasteiger partial charge in [0.15, 0.2) is 5.82 Å². The number of benzene rings is 1. The van der Waals surface area contributed by atoms with E-state index in [-0.39, 0.29) is 20.8 Å². The molecule has 19 heavy (non-hydrogen) atoms. The maximum absolute atomic E-state index is 13.6. The normalized spacial score (nSPS) is 11.3. The van der Waals surface area contributed by atoms with Crippen molar-refractivity contribution in [1.82, 2.24) is 4.98 Å². The molecule has 0 amide bonds. The van der Waals surface area contributed by atoms with Crippen LogP contribution in [-0.4, -0.2) is 13.4 Å². The number of hydrogen-bond acceptors (Lipinski definition) is 3. The molecule has 1 aromatic carbocycles. The number of pyridine rings is 1. The second-order valence-corrected chi connectivity index (χ2v) is 5.92. The monoisotopic (exact) mass is 320 g/mol. The van der Waals surface area contributed by atoms with Gasteiger partial charge < -0.3 is 0 Å². The van der Waals surface area contributed by atoms with Crippen molar-refractivity contribution < 1.29 is 12.8 Å². The number of anilines is 1. The standard InChI is InChI=1S/C11H7Cl2FN2O2S/c12-7-3-1-4-8(10(7)14)16-19(17,18)9-5-2-6-15-11(9)13/h1-6,16H. The topological polar surface area (TPSA) is 59.1 Å². The van der Waals surface area contributed by atoms with Gasteiger partial charge in [0, 0.05) is 6.20 Å². The van der Waals surface area contributed by atoms with Crippen molar-refractivity contribution >= 4 is 38.9 Å². The van der Waals surface area contributed by atoms with E-state index in [9.17, 15) is 12.8 Å². The predicted molar refractivity (Wildman–Crippen MR) is 71.5 cm³/mol. The third-order valence-electron chi connectivity index (χ3n) is 2.21. The molecule has 0 atom stereocenters. The van der Waals surface area contributed by atoms with Crippen molar-refractivity contribution in [3.8, 4) is 0 Å². The zero-order valence-electron chi connectivity index (χ0n) is 9.27. The van der Waals surface area contributed by atoms with E-state index in [4.69, 9.17) is 23.2 Å². The van der Waals surface area contributed by atoms with Crippen LogP contribution in [-0.2, 0) is 10.0 Å². The van der Waals surface area contributed by atoms with Gasteiger partial charge >= 0.3 is 0 Å². The van der Waals surface area contributed by atoms with E-state index in [0.717, 1.165) is 0 Å². The van der Waals surface area contributed by atoms with Gasteiger partial charge in [0.25, 0.3) is 10.0 Å². The van der Waals surface area contributed by atoms with Crippen LogP contribution < -0.4 is 4.72 Å². The molecular formula is C11H7Cl2FN2O2S. The Kier molecular flexibility index (Phi) is 3.93. The first-order chi connectivity index (χ1) is 8.92. The Morgan fingerprint density at radius 2 is 1.89 bits per heavy atom. The van der Waals surface area contributed by atoms with Gasteiger partial charge in [-0.3, -0.25) is 4.72 Å². The number of hydrogen-bond donors (Lipinski definition) is 1. The van der Waals surface area contributed by atoms with Crippen molar-refractivity contribution in [3.63, 3.8) is 0 Å². The Balaban J connectivity index is 2.43. The lowest BCUT2D eigenvalue weighted by Gasteiger charge is -2.10. The van der Waals surface area contributed by atoms with E-state index >= 15 is 0 Å². The predicted octanol–water partition coefficient (Wildman–Crippen LogP) is 3.33. The van der Waals surface area contributed by atoms with Gasteiger partial charge in [-0.05, 0) is 24.3 Å². The Labute approximate surface area is 119 Å². The van der Waals surface area contributed by atoms with Crippen LogP contribution >= 0.6 is 23.2 Å². The van der Waals surface area contributed by atoms with Crippen LogP contribution in [0.15, 0.2) is 41.4 Å². The molecule has 0 aliphatic heterocycles. The number of rotatable bonds is 3. The first-order valence-corrected chi connectivity index (χ1v) is 7.23. The Hall–Kier alpha value is -1.37. The lowest BCUT2D eigenvalue weighted by molar-refractivity contribution is 0.598. The maximum Gasteiger partial charge on any atom is 0.265 e. The molecule has 4 nitrogen and oxygen atoms in total. The molecular weight excluding hydrogens is 314 g/mol. The fourth-order valence-corrected chi connectivity index (χ4v) is 3.04. The fourth-order valence-electron chi connectivity index (χ4n) is 1.35. The Bertz CT molecular complexity index is 722. The second kappa shape index (κ2) is 5.32. The number of sulfonamides is 1. The molecule has 1 heterocycles. The summed E-state index contributed by atoms with van der Waals surface area (Å²) in [6.07, 6.45) is 1.35. The highest BCUT2D eigenvalue weighted by Crippen LogP contribution is 2.26. The quantitative estimate of drug-likeness (QED) is 0.882. The summed E-state index contributed by atoms with van der Waals surface area (Å²) in [5, 5.41) is -0.380. The molecule has 8 heteroatoms. The SMILES string of the molecule is O=S(=O)(Nc1cccc(Cl)c1F)c1cccnc1Cl. The molecule has 2 aromatic rings. The highest BCUT2D eigenvalue weighted by molar-refractivity contribution is 7.92. The minimum atomic E-state index is -4.03. The summed E-state index contributed by atoms with van der Waals surface area (Å²) >= 11 is 11.3. The van der Waals surface area contributed by atoms with E-state index in [1.165, 1.54) is 36.5 Å². The molecule has 0 fully saturated rings. The molecule has 100 valence electrons. The highest BCUT2D eigenvalue weighted by Gasteiger charge is 2.20. The summed E-state index contributed by atoms with van der Waals surface area (Å²) in [5.41, 5.74) is -0.257. The molecule has 1 aromatic heterocycles. The van der Waals surface area contributed by atoms with Crippen LogP contribution in [0.5, 0.6) is 0 Å². The van der Waals surface area contributed by atoms with Crippen LogP contribution in [0.4, 0.5) is 10.1 Å². The molecule has 1 N–H and O–H groups in total. The van der Waals surface area contributed by atoms with E-state index < -0.39 is 15.8 Å². The smallest absolute Gasteiger partial charge is 0.265 e. The first-order valence-electron chi connectivity index (χ1n) is 4.99. The molecule has 0 saturated heterocycles. The van der Waals surface area contributed by atoms with E-state index in [0.29, 0.717) is 0 Å². The number of nitrogens with zero attached hydrogens (tertiary/aromatic N) is 1. The number of halogens is 3. The Morgan fingerprint density at radius 1 is 1.16 bits per heavy atom. The van der Waals surface area contributed by atoms with Crippen LogP contribution in [0.1, 0.15) is 0 Å². The average molecular weight is 321 g/mol. The molecule has 0 unspecified atom stereocenters. The van der Waals surface area contributed by atoms with Crippen LogP contribution in [0.25, 0.3) is 0 Å². The second-order valence-electron chi connectivity index (χ2n) is 3.50. The highest BCUT2D eigenvalue weighted by atomic mass is 35.5. The summed E-state index contributed by atoms with van der Waals surface area (Å²) in [5.74, 6) is -0.854. The minimum absolute atomic E-state index is 0.183. The lowest BCUT2D eigenvalue weighted by Crippen LogP contribution is -2.14. The Morgan fingerprint density at radius 3 is 2.58 bits per heavy atom. The van der Waals surface area contributed by atoms with Gasteiger partial charge in [-0.25, -0.2) is 17.8 Å². The number of aromatic nitrogens is 1. The van der Waals surface area contributed by atoms with Crippen molar-refractivity contribution in [2.24, 2.45) is 0 Å². The van der Waals surface area contributed by atoms with Crippen molar-refractivity contribution in [3.05, 3.63) is 52.5 Å².